The Morgan fingerprint density at radius 1 is 1.35 bits per heavy atom. The lowest BCUT2D eigenvalue weighted by Crippen LogP contribution is -2.31. The van der Waals surface area contributed by atoms with Gasteiger partial charge in [0.2, 0.25) is 5.91 Å². The smallest absolute Gasteiger partial charge is 0.329 e. The maximum atomic E-state index is 12.5. The maximum absolute atomic E-state index is 12.5. The zero-order valence-corrected chi connectivity index (χ0v) is 8.92. The van der Waals surface area contributed by atoms with E-state index in [0.29, 0.717) is 17.8 Å². The third kappa shape index (κ3) is 2.12. The second-order valence-corrected chi connectivity index (χ2v) is 3.85. The molecule has 6 heteroatoms. The summed E-state index contributed by atoms with van der Waals surface area (Å²) in [7, 11) is 0. The van der Waals surface area contributed by atoms with Gasteiger partial charge in [-0.3, -0.25) is 4.79 Å². The van der Waals surface area contributed by atoms with Crippen LogP contribution in [0, 0.1) is 0 Å². The van der Waals surface area contributed by atoms with E-state index in [1.807, 2.05) is 0 Å². The number of nitrogens with two attached hydrogens (primary N) is 1. The van der Waals surface area contributed by atoms with Gasteiger partial charge in [0.15, 0.2) is 0 Å². The van der Waals surface area contributed by atoms with E-state index in [0.717, 1.165) is 12.1 Å². The first-order valence-corrected chi connectivity index (χ1v) is 5.14. The van der Waals surface area contributed by atoms with Gasteiger partial charge in [0.05, 0.1) is 12.0 Å². The minimum atomic E-state index is -4.38. The van der Waals surface area contributed by atoms with Crippen LogP contribution in [0.2, 0.25) is 0 Å². The summed E-state index contributed by atoms with van der Waals surface area (Å²) in [6, 6.07) is 3.35. The molecule has 1 aromatic carbocycles. The molecule has 1 aliphatic rings. The number of alkyl halides is 3. The summed E-state index contributed by atoms with van der Waals surface area (Å²) in [5.74, 6) is -0.204. The Balaban J connectivity index is 2.38. The van der Waals surface area contributed by atoms with Gasteiger partial charge in [-0.15, -0.1) is 0 Å². The molecule has 1 aromatic rings. The molecule has 0 radical (unpaired) electrons. The molecule has 2 rings (SSSR count). The number of halogens is 3. The van der Waals surface area contributed by atoms with Crippen LogP contribution in [-0.4, -0.2) is 19.0 Å². The quantitative estimate of drug-likeness (QED) is 0.858. The highest BCUT2D eigenvalue weighted by atomic mass is 19.4. The lowest BCUT2D eigenvalue weighted by molar-refractivity contribution is -0.137. The Bertz CT molecular complexity index is 457. The van der Waals surface area contributed by atoms with E-state index in [2.05, 4.69) is 0 Å². The molecule has 0 fully saturated rings. The lowest BCUT2D eigenvalue weighted by atomic mass is 10.1. The van der Waals surface area contributed by atoms with Crippen molar-refractivity contribution in [3.05, 3.63) is 29.3 Å². The third-order valence-electron chi connectivity index (χ3n) is 2.69. The largest absolute Gasteiger partial charge is 0.416 e. The number of anilines is 1. The monoisotopic (exact) mass is 244 g/mol. The number of nitrogens with zero attached hydrogens (tertiary/aromatic N) is 1. The number of fused-ring (bicyclic) bond motifs is 1. The van der Waals surface area contributed by atoms with Crippen molar-refractivity contribution in [1.29, 1.82) is 0 Å². The molecule has 92 valence electrons. The van der Waals surface area contributed by atoms with Crippen LogP contribution in [0.1, 0.15) is 11.1 Å². The number of hydrogen-bond acceptors (Lipinski definition) is 2. The maximum Gasteiger partial charge on any atom is 0.416 e. The predicted octanol–water partition coefficient (Wildman–Crippen LogP) is 1.55. The lowest BCUT2D eigenvalue weighted by Gasteiger charge is -2.16. The molecule has 1 heterocycles. The van der Waals surface area contributed by atoms with Gasteiger partial charge < -0.3 is 10.6 Å². The van der Waals surface area contributed by atoms with E-state index in [9.17, 15) is 18.0 Å². The normalized spacial score (nSPS) is 15.3. The Morgan fingerprint density at radius 3 is 2.65 bits per heavy atom. The van der Waals surface area contributed by atoms with Gasteiger partial charge in [-0.25, -0.2) is 0 Å². The fourth-order valence-electron chi connectivity index (χ4n) is 1.93. The zero-order valence-electron chi connectivity index (χ0n) is 8.92. The van der Waals surface area contributed by atoms with Crippen molar-refractivity contribution in [2.75, 3.05) is 18.0 Å². The molecule has 0 aliphatic carbocycles. The van der Waals surface area contributed by atoms with Gasteiger partial charge in [-0.1, -0.05) is 0 Å². The van der Waals surface area contributed by atoms with E-state index >= 15 is 0 Å². The second-order valence-electron chi connectivity index (χ2n) is 3.85. The molecule has 0 spiro atoms. The molecule has 0 atom stereocenters. The van der Waals surface area contributed by atoms with Crippen molar-refractivity contribution < 1.29 is 18.0 Å². The van der Waals surface area contributed by atoms with Crippen molar-refractivity contribution in [2.45, 2.75) is 12.6 Å². The Kier molecular flexibility index (Phi) is 2.82. The van der Waals surface area contributed by atoms with Crippen LogP contribution < -0.4 is 10.6 Å². The summed E-state index contributed by atoms with van der Waals surface area (Å²) in [5.41, 5.74) is 5.58. The first-order valence-electron chi connectivity index (χ1n) is 5.14. The van der Waals surface area contributed by atoms with Crippen LogP contribution in [0.25, 0.3) is 0 Å². The Labute approximate surface area is 96.0 Å². The highest BCUT2D eigenvalue weighted by Crippen LogP contribution is 2.35. The van der Waals surface area contributed by atoms with Crippen LogP contribution in [-0.2, 0) is 17.4 Å². The van der Waals surface area contributed by atoms with Gasteiger partial charge in [-0.05, 0) is 23.8 Å². The summed E-state index contributed by atoms with van der Waals surface area (Å²) < 4.78 is 37.4. The average Bonchev–Trinajstić information content (AvgIpc) is 2.54. The van der Waals surface area contributed by atoms with Gasteiger partial charge in [0.1, 0.15) is 0 Å². The zero-order chi connectivity index (χ0) is 12.6. The fraction of sp³-hybridized carbons (Fsp3) is 0.364. The Morgan fingerprint density at radius 2 is 2.06 bits per heavy atom. The van der Waals surface area contributed by atoms with Gasteiger partial charge in [0.25, 0.3) is 0 Å². The molecular formula is C11H11F3N2O. The molecule has 1 aliphatic heterocycles. The van der Waals surface area contributed by atoms with Crippen LogP contribution in [0.3, 0.4) is 0 Å². The van der Waals surface area contributed by atoms with Gasteiger partial charge in [-0.2, -0.15) is 13.2 Å². The predicted molar refractivity (Wildman–Crippen MR) is 56.6 cm³/mol. The minimum Gasteiger partial charge on any atom is -0.329 e. The van der Waals surface area contributed by atoms with E-state index < -0.39 is 11.7 Å². The van der Waals surface area contributed by atoms with E-state index in [-0.39, 0.29) is 18.9 Å². The first kappa shape index (κ1) is 11.9. The van der Waals surface area contributed by atoms with Crippen LogP contribution in [0.15, 0.2) is 18.2 Å². The third-order valence-corrected chi connectivity index (χ3v) is 2.69. The van der Waals surface area contributed by atoms with Gasteiger partial charge >= 0.3 is 6.18 Å². The van der Waals surface area contributed by atoms with E-state index in [4.69, 9.17) is 5.73 Å². The number of carbonyl (C=O) groups excluding carboxylic acids is 1. The number of hydrogen-bond donors (Lipinski definition) is 1. The molecule has 3 nitrogen and oxygen atoms in total. The minimum absolute atomic E-state index is 0.0131. The van der Waals surface area contributed by atoms with Crippen LogP contribution >= 0.6 is 0 Å². The molecule has 2 N–H and O–H groups in total. The number of carbonyl (C=O) groups is 1. The molecule has 0 saturated carbocycles. The molecule has 0 aromatic heterocycles. The molecule has 0 bridgehead atoms. The average molecular weight is 244 g/mol. The number of benzene rings is 1. The van der Waals surface area contributed by atoms with E-state index in [1.54, 1.807) is 0 Å². The molecule has 1 amide bonds. The standard InChI is InChI=1S/C11H11F3N2O/c12-11(13,14)8-1-2-9-7(5-8)6-10(17)16(9)4-3-15/h1-2,5H,3-4,6,15H2. The second kappa shape index (κ2) is 4.03. The first-order chi connectivity index (χ1) is 7.93. The highest BCUT2D eigenvalue weighted by molar-refractivity contribution is 6.01. The number of rotatable bonds is 2. The fourth-order valence-corrected chi connectivity index (χ4v) is 1.93. The molecular weight excluding hydrogens is 233 g/mol. The summed E-state index contributed by atoms with van der Waals surface area (Å²) >= 11 is 0. The van der Waals surface area contributed by atoms with Crippen molar-refractivity contribution >= 4 is 11.6 Å². The van der Waals surface area contributed by atoms with Crippen molar-refractivity contribution in [2.24, 2.45) is 5.73 Å². The molecule has 17 heavy (non-hydrogen) atoms. The van der Waals surface area contributed by atoms with Crippen molar-refractivity contribution in [3.63, 3.8) is 0 Å². The van der Waals surface area contributed by atoms with Crippen molar-refractivity contribution in [3.8, 4) is 0 Å². The van der Waals surface area contributed by atoms with Gasteiger partial charge in [0, 0.05) is 18.8 Å². The summed E-state index contributed by atoms with van der Waals surface area (Å²) in [5, 5.41) is 0. The highest BCUT2D eigenvalue weighted by Gasteiger charge is 2.34. The number of amides is 1. The van der Waals surface area contributed by atoms with Crippen LogP contribution in [0.5, 0.6) is 0 Å². The summed E-state index contributed by atoms with van der Waals surface area (Å²) in [4.78, 5) is 13.0. The van der Waals surface area contributed by atoms with Crippen molar-refractivity contribution in [1.82, 2.24) is 0 Å². The SMILES string of the molecule is NCCN1C(=O)Cc2cc(C(F)(F)F)ccc21. The molecule has 0 saturated heterocycles. The summed E-state index contributed by atoms with van der Waals surface area (Å²) in [6.07, 6.45) is -4.36. The summed E-state index contributed by atoms with van der Waals surface area (Å²) in [6.45, 7) is 0.614. The van der Waals surface area contributed by atoms with Crippen LogP contribution in [0.4, 0.5) is 18.9 Å². The van der Waals surface area contributed by atoms with E-state index in [1.165, 1.54) is 11.0 Å². The Hall–Kier alpha value is -1.56. The molecule has 0 unspecified atom stereocenters. The topological polar surface area (TPSA) is 46.3 Å².